The van der Waals surface area contributed by atoms with Crippen LogP contribution in [0.1, 0.15) is 5.56 Å². The van der Waals surface area contributed by atoms with Crippen molar-refractivity contribution in [3.63, 3.8) is 0 Å². The molecule has 0 saturated carbocycles. The zero-order chi connectivity index (χ0) is 18.2. The molecule has 0 N–H and O–H groups in total. The fourth-order valence-electron chi connectivity index (χ4n) is 3.51. The first-order chi connectivity index (χ1) is 13.3. The SMILES string of the molecule is Clc1nc(-c2ccccc2)cc(-c2cccc3c2CSc2ccccc2-3)n1. The van der Waals surface area contributed by atoms with Crippen LogP contribution in [0.2, 0.25) is 5.28 Å². The maximum atomic E-state index is 6.29. The van der Waals surface area contributed by atoms with Crippen molar-refractivity contribution in [3.8, 4) is 33.6 Å². The molecule has 2 heterocycles. The smallest absolute Gasteiger partial charge is 0.218 e. The summed E-state index contributed by atoms with van der Waals surface area (Å²) in [6.07, 6.45) is 0. The first-order valence-corrected chi connectivity index (χ1v) is 10.1. The molecule has 1 aromatic heterocycles. The van der Waals surface area contributed by atoms with Crippen LogP contribution in [0.3, 0.4) is 0 Å². The van der Waals surface area contributed by atoms with E-state index < -0.39 is 0 Å². The van der Waals surface area contributed by atoms with Crippen molar-refractivity contribution in [1.29, 1.82) is 0 Å². The Hall–Kier alpha value is -2.62. The Morgan fingerprint density at radius 2 is 1.41 bits per heavy atom. The largest absolute Gasteiger partial charge is 0.223 e. The maximum absolute atomic E-state index is 6.29. The van der Waals surface area contributed by atoms with Gasteiger partial charge in [0.05, 0.1) is 11.4 Å². The molecule has 4 heteroatoms. The van der Waals surface area contributed by atoms with E-state index in [1.165, 1.54) is 21.6 Å². The lowest BCUT2D eigenvalue weighted by atomic mass is 9.94. The molecule has 27 heavy (non-hydrogen) atoms. The summed E-state index contributed by atoms with van der Waals surface area (Å²) in [7, 11) is 0. The van der Waals surface area contributed by atoms with Crippen LogP contribution in [-0.4, -0.2) is 9.97 Å². The molecular weight excluding hydrogens is 372 g/mol. The molecule has 0 radical (unpaired) electrons. The van der Waals surface area contributed by atoms with Crippen LogP contribution in [0.4, 0.5) is 0 Å². The number of halogens is 1. The Balaban J connectivity index is 1.68. The van der Waals surface area contributed by atoms with Gasteiger partial charge in [0, 0.05) is 21.8 Å². The van der Waals surface area contributed by atoms with Crippen molar-refractivity contribution in [2.24, 2.45) is 0 Å². The van der Waals surface area contributed by atoms with Gasteiger partial charge < -0.3 is 0 Å². The normalized spacial score (nSPS) is 12.3. The second-order valence-electron chi connectivity index (χ2n) is 6.39. The van der Waals surface area contributed by atoms with Gasteiger partial charge in [-0.25, -0.2) is 9.97 Å². The predicted octanol–water partition coefficient (Wildman–Crippen LogP) is 6.74. The van der Waals surface area contributed by atoms with Gasteiger partial charge in [0.25, 0.3) is 0 Å². The molecule has 0 atom stereocenters. The quantitative estimate of drug-likeness (QED) is 0.357. The summed E-state index contributed by atoms with van der Waals surface area (Å²) < 4.78 is 0. The highest BCUT2D eigenvalue weighted by molar-refractivity contribution is 7.98. The number of hydrogen-bond donors (Lipinski definition) is 0. The highest BCUT2D eigenvalue weighted by atomic mass is 35.5. The Morgan fingerprint density at radius 3 is 2.30 bits per heavy atom. The van der Waals surface area contributed by atoms with E-state index in [1.54, 1.807) is 0 Å². The van der Waals surface area contributed by atoms with Crippen LogP contribution in [0, 0.1) is 0 Å². The zero-order valence-electron chi connectivity index (χ0n) is 14.4. The monoisotopic (exact) mass is 386 g/mol. The van der Waals surface area contributed by atoms with E-state index in [0.717, 1.165) is 28.3 Å². The molecule has 3 aromatic carbocycles. The van der Waals surface area contributed by atoms with Gasteiger partial charge in [-0.15, -0.1) is 11.8 Å². The molecule has 4 aromatic rings. The topological polar surface area (TPSA) is 25.8 Å². The lowest BCUT2D eigenvalue weighted by Crippen LogP contribution is -2.00. The Bertz CT molecular complexity index is 1140. The van der Waals surface area contributed by atoms with Crippen LogP contribution in [0.25, 0.3) is 33.6 Å². The summed E-state index contributed by atoms with van der Waals surface area (Å²) >= 11 is 8.16. The number of thioether (sulfide) groups is 1. The van der Waals surface area contributed by atoms with E-state index in [0.29, 0.717) is 0 Å². The number of hydrogen-bond acceptors (Lipinski definition) is 3. The lowest BCUT2D eigenvalue weighted by molar-refractivity contribution is 1.17. The van der Waals surface area contributed by atoms with E-state index in [9.17, 15) is 0 Å². The Labute approximate surface area is 167 Å². The number of fused-ring (bicyclic) bond motifs is 3. The van der Waals surface area contributed by atoms with E-state index in [2.05, 4.69) is 52.4 Å². The van der Waals surface area contributed by atoms with Crippen molar-refractivity contribution >= 4 is 23.4 Å². The average Bonchev–Trinajstić information content (AvgIpc) is 2.73. The molecule has 130 valence electrons. The minimum Gasteiger partial charge on any atom is -0.218 e. The van der Waals surface area contributed by atoms with Crippen molar-refractivity contribution < 1.29 is 0 Å². The van der Waals surface area contributed by atoms with Gasteiger partial charge in [-0.05, 0) is 40.4 Å². The van der Waals surface area contributed by atoms with Crippen molar-refractivity contribution in [3.05, 3.63) is 89.7 Å². The van der Waals surface area contributed by atoms with E-state index in [-0.39, 0.29) is 5.28 Å². The summed E-state index contributed by atoms with van der Waals surface area (Å²) in [6, 6.07) is 27.1. The van der Waals surface area contributed by atoms with Crippen molar-refractivity contribution in [2.75, 3.05) is 0 Å². The summed E-state index contributed by atoms with van der Waals surface area (Å²) in [6.45, 7) is 0. The first-order valence-electron chi connectivity index (χ1n) is 8.74. The third kappa shape index (κ3) is 3.03. The van der Waals surface area contributed by atoms with Crippen LogP contribution in [0.5, 0.6) is 0 Å². The molecule has 0 saturated heterocycles. The molecule has 0 spiro atoms. The van der Waals surface area contributed by atoms with Crippen LogP contribution < -0.4 is 0 Å². The fraction of sp³-hybridized carbons (Fsp3) is 0.0435. The standard InChI is InChI=1S/C23H15ClN2S/c24-23-25-20(15-7-2-1-3-8-15)13-21(26-23)17-11-6-10-16-18-9-4-5-12-22(18)27-14-19(16)17/h1-13H,14H2. The van der Waals surface area contributed by atoms with E-state index in [1.807, 2.05) is 48.2 Å². The lowest BCUT2D eigenvalue weighted by Gasteiger charge is -2.22. The van der Waals surface area contributed by atoms with E-state index in [4.69, 9.17) is 11.6 Å². The number of rotatable bonds is 2. The molecule has 0 aliphatic carbocycles. The number of benzene rings is 3. The highest BCUT2D eigenvalue weighted by Crippen LogP contribution is 2.44. The van der Waals surface area contributed by atoms with Crippen LogP contribution in [-0.2, 0) is 5.75 Å². The maximum Gasteiger partial charge on any atom is 0.223 e. The van der Waals surface area contributed by atoms with Gasteiger partial charge in [-0.2, -0.15) is 0 Å². The second kappa shape index (κ2) is 6.84. The molecule has 1 aliphatic heterocycles. The Kier molecular flexibility index (Phi) is 4.19. The fourth-order valence-corrected chi connectivity index (χ4v) is 4.81. The second-order valence-corrected chi connectivity index (χ2v) is 7.75. The molecule has 0 unspecified atom stereocenters. The molecular formula is C23H15ClN2S. The van der Waals surface area contributed by atoms with Crippen molar-refractivity contribution in [1.82, 2.24) is 9.97 Å². The zero-order valence-corrected chi connectivity index (χ0v) is 16.0. The van der Waals surface area contributed by atoms with Gasteiger partial charge in [0.2, 0.25) is 5.28 Å². The summed E-state index contributed by atoms with van der Waals surface area (Å²) in [5.74, 6) is 0.921. The third-order valence-electron chi connectivity index (χ3n) is 4.77. The number of aromatic nitrogens is 2. The molecule has 2 nitrogen and oxygen atoms in total. The van der Waals surface area contributed by atoms with E-state index >= 15 is 0 Å². The van der Waals surface area contributed by atoms with Gasteiger partial charge in [0.1, 0.15) is 0 Å². The van der Waals surface area contributed by atoms with Crippen LogP contribution in [0.15, 0.2) is 83.8 Å². The minimum atomic E-state index is 0.271. The van der Waals surface area contributed by atoms with Crippen LogP contribution >= 0.6 is 23.4 Å². The molecule has 0 amide bonds. The molecule has 1 aliphatic rings. The van der Waals surface area contributed by atoms with Gasteiger partial charge >= 0.3 is 0 Å². The predicted molar refractivity (Wildman–Crippen MR) is 113 cm³/mol. The van der Waals surface area contributed by atoms with Gasteiger partial charge in [-0.1, -0.05) is 66.7 Å². The highest BCUT2D eigenvalue weighted by Gasteiger charge is 2.20. The minimum absolute atomic E-state index is 0.271. The number of nitrogens with zero attached hydrogens (tertiary/aromatic N) is 2. The van der Waals surface area contributed by atoms with Gasteiger partial charge in [-0.3, -0.25) is 0 Å². The Morgan fingerprint density at radius 1 is 0.704 bits per heavy atom. The molecule has 5 rings (SSSR count). The molecule has 0 bridgehead atoms. The summed E-state index contributed by atoms with van der Waals surface area (Å²) in [5.41, 5.74) is 7.73. The summed E-state index contributed by atoms with van der Waals surface area (Å²) in [5, 5.41) is 0.271. The average molecular weight is 387 g/mol. The third-order valence-corrected chi connectivity index (χ3v) is 6.04. The summed E-state index contributed by atoms with van der Waals surface area (Å²) in [4.78, 5) is 10.3. The first kappa shape index (κ1) is 16.5. The van der Waals surface area contributed by atoms with Crippen molar-refractivity contribution in [2.45, 2.75) is 10.6 Å². The molecule has 0 fully saturated rings. The van der Waals surface area contributed by atoms with Gasteiger partial charge in [0.15, 0.2) is 0 Å².